The van der Waals surface area contributed by atoms with Crippen molar-refractivity contribution < 1.29 is 10.0 Å². The van der Waals surface area contributed by atoms with Crippen LogP contribution in [-0.4, -0.2) is 68.6 Å². The monoisotopic (exact) mass is 485 g/mol. The van der Waals surface area contributed by atoms with Crippen molar-refractivity contribution in [2.24, 2.45) is 0 Å². The van der Waals surface area contributed by atoms with Gasteiger partial charge in [0, 0.05) is 44.5 Å². The van der Waals surface area contributed by atoms with E-state index >= 15 is 0 Å². The van der Waals surface area contributed by atoms with E-state index < -0.39 is 0 Å². The Morgan fingerprint density at radius 3 is 2.47 bits per heavy atom. The third-order valence-electron chi connectivity index (χ3n) is 6.71. The van der Waals surface area contributed by atoms with E-state index in [0.717, 1.165) is 60.8 Å². The van der Waals surface area contributed by atoms with E-state index in [1.165, 1.54) is 11.1 Å². The highest BCUT2D eigenvalue weighted by Crippen LogP contribution is 2.29. The Balaban J connectivity index is 1.24. The summed E-state index contributed by atoms with van der Waals surface area (Å²) >= 11 is 0. The number of hydrogen-bond donors (Lipinski definition) is 4. The fraction of sp³-hybridized carbons (Fsp3) is 0.296. The second-order valence-electron chi connectivity index (χ2n) is 9.23. The number of amides is 1. The summed E-state index contributed by atoms with van der Waals surface area (Å²) in [6, 6.07) is 21.1. The number of benzene rings is 2. The molecule has 4 N–H and O–H groups in total. The van der Waals surface area contributed by atoms with Gasteiger partial charge < -0.3 is 10.3 Å². The lowest BCUT2D eigenvalue weighted by molar-refractivity contribution is -0.130. The number of nitrogens with zero attached hydrogens (tertiary/aromatic N) is 4. The van der Waals surface area contributed by atoms with Crippen LogP contribution in [0.1, 0.15) is 24.1 Å². The molecule has 36 heavy (non-hydrogen) atoms. The van der Waals surface area contributed by atoms with Crippen LogP contribution in [0.15, 0.2) is 67.0 Å². The first-order valence-electron chi connectivity index (χ1n) is 12.2. The number of anilines is 1. The van der Waals surface area contributed by atoms with E-state index in [1.54, 1.807) is 11.8 Å². The Morgan fingerprint density at radius 2 is 1.75 bits per heavy atom. The number of fused-ring (bicyclic) bond motifs is 1. The molecule has 186 valence electrons. The number of hydrogen-bond acceptors (Lipinski definition) is 7. The van der Waals surface area contributed by atoms with Crippen LogP contribution in [0.25, 0.3) is 22.3 Å². The highest BCUT2D eigenvalue weighted by molar-refractivity contribution is 5.91. The number of piperazine rings is 1. The molecule has 0 bridgehead atoms. The number of hydroxylamine groups is 1. The maximum absolute atomic E-state index is 11.4. The van der Waals surface area contributed by atoms with E-state index in [9.17, 15) is 4.79 Å². The van der Waals surface area contributed by atoms with Crippen molar-refractivity contribution in [2.75, 3.05) is 38.0 Å². The second kappa shape index (κ2) is 10.9. The molecule has 4 aromatic rings. The lowest BCUT2D eigenvalue weighted by atomic mass is 10.1. The van der Waals surface area contributed by atoms with E-state index in [2.05, 4.69) is 74.6 Å². The van der Waals surface area contributed by atoms with Crippen molar-refractivity contribution in [2.45, 2.75) is 19.5 Å². The molecule has 1 saturated heterocycles. The van der Waals surface area contributed by atoms with Crippen molar-refractivity contribution in [3.63, 3.8) is 0 Å². The molecular weight excluding hydrogens is 454 g/mol. The quantitative estimate of drug-likeness (QED) is 0.224. The van der Waals surface area contributed by atoms with Crippen LogP contribution in [0.2, 0.25) is 0 Å². The number of rotatable bonds is 8. The number of aromatic nitrogens is 3. The molecule has 1 amide bonds. The molecule has 0 aliphatic carbocycles. The van der Waals surface area contributed by atoms with Gasteiger partial charge in [0.2, 0.25) is 0 Å². The van der Waals surface area contributed by atoms with Crippen molar-refractivity contribution in [3.8, 4) is 11.3 Å². The minimum absolute atomic E-state index is 0.121. The van der Waals surface area contributed by atoms with Gasteiger partial charge in [-0.15, -0.1) is 0 Å². The zero-order valence-corrected chi connectivity index (χ0v) is 20.3. The van der Waals surface area contributed by atoms with Gasteiger partial charge in [-0.25, -0.2) is 15.4 Å². The van der Waals surface area contributed by atoms with Crippen molar-refractivity contribution in [1.82, 2.24) is 30.2 Å². The maximum atomic E-state index is 11.4. The molecular formula is C27H31N7O2. The van der Waals surface area contributed by atoms with Crippen LogP contribution >= 0.6 is 0 Å². The Labute approximate surface area is 210 Å². The standard InChI is InChI=1S/C27H31N7O2/c1-19(21-5-3-2-4-6-21)30-26-23-15-24(31-27(23)29-18-28-26)22-9-7-20(8-10-22)16-33-11-13-34(14-12-33)17-25(35)32-36/h2-10,15,18-19,36H,11-14,16-17H2,1H3,(H,32,35)(H2,28,29,30,31)/t19-/m1/s1. The summed E-state index contributed by atoms with van der Waals surface area (Å²) in [6.45, 7) is 6.61. The Morgan fingerprint density at radius 1 is 1.03 bits per heavy atom. The molecule has 2 aromatic heterocycles. The van der Waals surface area contributed by atoms with Gasteiger partial charge in [-0.05, 0) is 29.7 Å². The summed E-state index contributed by atoms with van der Waals surface area (Å²) in [4.78, 5) is 28.2. The first kappa shape index (κ1) is 23.9. The second-order valence-corrected chi connectivity index (χ2v) is 9.23. The number of carbonyl (C=O) groups is 1. The normalized spacial score (nSPS) is 15.6. The largest absolute Gasteiger partial charge is 0.363 e. The van der Waals surface area contributed by atoms with Crippen LogP contribution in [0.3, 0.4) is 0 Å². The molecule has 1 atom stereocenters. The number of H-pyrrole nitrogens is 1. The predicted octanol–water partition coefficient (Wildman–Crippen LogP) is 3.42. The van der Waals surface area contributed by atoms with Crippen LogP contribution in [0.4, 0.5) is 5.82 Å². The molecule has 0 unspecified atom stereocenters. The third kappa shape index (κ3) is 5.54. The van der Waals surface area contributed by atoms with Gasteiger partial charge in [0.05, 0.1) is 11.9 Å². The molecule has 5 rings (SSSR count). The molecule has 9 nitrogen and oxygen atoms in total. The molecule has 2 aromatic carbocycles. The highest BCUT2D eigenvalue weighted by atomic mass is 16.5. The minimum Gasteiger partial charge on any atom is -0.363 e. The fourth-order valence-electron chi connectivity index (χ4n) is 4.63. The lowest BCUT2D eigenvalue weighted by Crippen LogP contribution is -2.48. The molecule has 0 saturated carbocycles. The molecule has 0 spiro atoms. The van der Waals surface area contributed by atoms with Crippen molar-refractivity contribution >= 4 is 22.8 Å². The molecule has 3 heterocycles. The zero-order chi connectivity index (χ0) is 24.9. The smallest absolute Gasteiger partial charge is 0.257 e. The van der Waals surface area contributed by atoms with E-state index in [4.69, 9.17) is 5.21 Å². The fourth-order valence-corrected chi connectivity index (χ4v) is 4.63. The van der Waals surface area contributed by atoms with Gasteiger partial charge in [-0.1, -0.05) is 54.6 Å². The molecule has 1 aliphatic heterocycles. The van der Waals surface area contributed by atoms with Gasteiger partial charge in [0.1, 0.15) is 17.8 Å². The van der Waals surface area contributed by atoms with Gasteiger partial charge in [-0.2, -0.15) is 0 Å². The summed E-state index contributed by atoms with van der Waals surface area (Å²) < 4.78 is 0. The van der Waals surface area contributed by atoms with Gasteiger partial charge in [-0.3, -0.25) is 19.8 Å². The van der Waals surface area contributed by atoms with Crippen LogP contribution in [-0.2, 0) is 11.3 Å². The molecule has 1 fully saturated rings. The summed E-state index contributed by atoms with van der Waals surface area (Å²) in [6.07, 6.45) is 1.59. The zero-order valence-electron chi connectivity index (χ0n) is 20.3. The first-order valence-corrected chi connectivity index (χ1v) is 12.2. The number of carbonyl (C=O) groups excluding carboxylic acids is 1. The summed E-state index contributed by atoms with van der Waals surface area (Å²) in [5.41, 5.74) is 7.05. The summed E-state index contributed by atoms with van der Waals surface area (Å²) in [7, 11) is 0. The number of nitrogens with one attached hydrogen (secondary N) is 3. The minimum atomic E-state index is -0.365. The SMILES string of the molecule is C[C@@H](Nc1ncnc2[nH]c(-c3ccc(CN4CCN(CC(=O)NO)CC4)cc3)cc12)c1ccccc1. The van der Waals surface area contributed by atoms with Gasteiger partial charge in [0.15, 0.2) is 0 Å². The van der Waals surface area contributed by atoms with Gasteiger partial charge >= 0.3 is 0 Å². The van der Waals surface area contributed by atoms with E-state index in [1.807, 2.05) is 23.1 Å². The predicted molar refractivity (Wildman–Crippen MR) is 139 cm³/mol. The van der Waals surface area contributed by atoms with Crippen LogP contribution < -0.4 is 10.8 Å². The van der Waals surface area contributed by atoms with E-state index in [-0.39, 0.29) is 18.5 Å². The average molecular weight is 486 g/mol. The Hall–Kier alpha value is -3.79. The third-order valence-corrected chi connectivity index (χ3v) is 6.71. The van der Waals surface area contributed by atoms with Crippen LogP contribution in [0.5, 0.6) is 0 Å². The first-order chi connectivity index (χ1) is 17.6. The van der Waals surface area contributed by atoms with E-state index in [0.29, 0.717) is 0 Å². The average Bonchev–Trinajstić information content (AvgIpc) is 3.36. The van der Waals surface area contributed by atoms with Crippen molar-refractivity contribution in [3.05, 3.63) is 78.1 Å². The van der Waals surface area contributed by atoms with Crippen molar-refractivity contribution in [1.29, 1.82) is 0 Å². The molecule has 0 radical (unpaired) electrons. The van der Waals surface area contributed by atoms with Gasteiger partial charge in [0.25, 0.3) is 5.91 Å². The van der Waals surface area contributed by atoms with Crippen LogP contribution in [0, 0.1) is 0 Å². The molecule has 9 heteroatoms. The Kier molecular flexibility index (Phi) is 7.22. The Bertz CT molecular complexity index is 1300. The highest BCUT2D eigenvalue weighted by Gasteiger charge is 2.19. The summed E-state index contributed by atoms with van der Waals surface area (Å²) in [5, 5.41) is 13.2. The lowest BCUT2D eigenvalue weighted by Gasteiger charge is -2.34. The topological polar surface area (TPSA) is 109 Å². The number of aromatic amines is 1. The maximum Gasteiger partial charge on any atom is 0.257 e. The summed E-state index contributed by atoms with van der Waals surface area (Å²) in [5.74, 6) is 0.446. The molecule has 1 aliphatic rings.